The lowest BCUT2D eigenvalue weighted by Gasteiger charge is -2.53. The highest BCUT2D eigenvalue weighted by Gasteiger charge is 2.50. The third-order valence-electron chi connectivity index (χ3n) is 6.36. The molecular weight excluding hydrogens is 316 g/mol. The van der Waals surface area contributed by atoms with Crippen LogP contribution in [0, 0.1) is 29.6 Å². The van der Waals surface area contributed by atoms with Crippen LogP contribution >= 0.6 is 11.3 Å². The molecule has 2 aromatic rings. The van der Waals surface area contributed by atoms with Crippen molar-refractivity contribution < 1.29 is 4.79 Å². The number of nitrogens with zero attached hydrogens (tertiary/aromatic N) is 1. The Morgan fingerprint density at radius 2 is 1.67 bits per heavy atom. The Kier molecular flexibility index (Phi) is 3.47. The number of benzene rings is 1. The summed E-state index contributed by atoms with van der Waals surface area (Å²) < 4.78 is 0. The first-order valence-corrected chi connectivity index (χ1v) is 9.95. The van der Waals surface area contributed by atoms with Crippen molar-refractivity contribution in [3.63, 3.8) is 0 Å². The second-order valence-electron chi connectivity index (χ2n) is 7.86. The second kappa shape index (κ2) is 5.69. The predicted molar refractivity (Wildman–Crippen MR) is 96.7 cm³/mol. The van der Waals surface area contributed by atoms with Crippen molar-refractivity contribution in [1.82, 2.24) is 4.98 Å². The molecule has 124 valence electrons. The number of anilines is 1. The Labute approximate surface area is 146 Å². The van der Waals surface area contributed by atoms with E-state index in [1.54, 1.807) is 11.3 Å². The number of nitrogens with one attached hydrogen (secondary N) is 1. The fourth-order valence-corrected chi connectivity index (χ4v) is 6.29. The molecule has 0 radical (unpaired) electrons. The lowest BCUT2D eigenvalue weighted by atomic mass is 9.51. The summed E-state index contributed by atoms with van der Waals surface area (Å²) in [7, 11) is 0. The van der Waals surface area contributed by atoms with Gasteiger partial charge in [-0.25, -0.2) is 4.98 Å². The molecule has 0 spiro atoms. The highest BCUT2D eigenvalue weighted by molar-refractivity contribution is 7.13. The van der Waals surface area contributed by atoms with Gasteiger partial charge in [0.2, 0.25) is 5.91 Å². The first kappa shape index (κ1) is 14.6. The molecular formula is C20H22N2OS. The maximum Gasteiger partial charge on any atom is 0.228 e. The normalized spacial score (nSPS) is 33.6. The summed E-state index contributed by atoms with van der Waals surface area (Å²) in [6.45, 7) is 0. The summed E-state index contributed by atoms with van der Waals surface area (Å²) >= 11 is 1.64. The highest BCUT2D eigenvalue weighted by Crippen LogP contribution is 2.56. The number of amides is 1. The lowest BCUT2D eigenvalue weighted by Crippen LogP contribution is -2.49. The van der Waals surface area contributed by atoms with Gasteiger partial charge in [0.25, 0.3) is 0 Å². The molecule has 3 nitrogen and oxygen atoms in total. The van der Waals surface area contributed by atoms with E-state index >= 15 is 0 Å². The summed E-state index contributed by atoms with van der Waals surface area (Å²) in [4.78, 5) is 17.2. The summed E-state index contributed by atoms with van der Waals surface area (Å²) in [5.41, 5.74) is 2.02. The molecule has 1 aromatic heterocycles. The third kappa shape index (κ3) is 2.48. The van der Waals surface area contributed by atoms with Crippen LogP contribution < -0.4 is 5.32 Å². The van der Waals surface area contributed by atoms with E-state index in [1.807, 2.05) is 35.8 Å². The number of hydrogen-bond donors (Lipinski definition) is 1. The smallest absolute Gasteiger partial charge is 0.228 e. The molecule has 0 atom stereocenters. The zero-order chi connectivity index (χ0) is 16.1. The third-order valence-corrected chi connectivity index (χ3v) is 7.18. The molecule has 4 fully saturated rings. The van der Waals surface area contributed by atoms with Crippen LogP contribution in [-0.2, 0) is 4.79 Å². The van der Waals surface area contributed by atoms with E-state index in [-0.39, 0.29) is 11.8 Å². The molecule has 24 heavy (non-hydrogen) atoms. The molecule has 0 unspecified atom stereocenters. The van der Waals surface area contributed by atoms with Crippen molar-refractivity contribution in [3.8, 4) is 10.6 Å². The minimum atomic E-state index is 0.247. The van der Waals surface area contributed by atoms with Crippen LogP contribution in [-0.4, -0.2) is 10.9 Å². The number of thiazole rings is 1. The van der Waals surface area contributed by atoms with Crippen molar-refractivity contribution in [2.45, 2.75) is 32.1 Å². The van der Waals surface area contributed by atoms with E-state index in [9.17, 15) is 4.79 Å². The number of carbonyl (C=O) groups is 1. The number of hydrogen-bond acceptors (Lipinski definition) is 3. The molecule has 1 heterocycles. The number of carbonyl (C=O) groups excluding carboxylic acids is 1. The van der Waals surface area contributed by atoms with Gasteiger partial charge in [-0.1, -0.05) is 0 Å². The Hall–Kier alpha value is -1.68. The Morgan fingerprint density at radius 3 is 2.25 bits per heavy atom. The van der Waals surface area contributed by atoms with Gasteiger partial charge in [-0.05, 0) is 80.0 Å². The zero-order valence-corrected chi connectivity index (χ0v) is 14.5. The van der Waals surface area contributed by atoms with E-state index in [0.717, 1.165) is 28.1 Å². The molecule has 4 heteroatoms. The molecule has 0 aliphatic heterocycles. The van der Waals surface area contributed by atoms with Gasteiger partial charge in [0.15, 0.2) is 0 Å². The van der Waals surface area contributed by atoms with Gasteiger partial charge in [0.05, 0.1) is 0 Å². The molecule has 4 saturated carbocycles. The van der Waals surface area contributed by atoms with Crippen LogP contribution in [0.5, 0.6) is 0 Å². The molecule has 1 amide bonds. The number of aromatic nitrogens is 1. The molecule has 1 N–H and O–H groups in total. The Balaban J connectivity index is 1.30. The van der Waals surface area contributed by atoms with E-state index in [1.165, 1.54) is 32.1 Å². The fraction of sp³-hybridized carbons (Fsp3) is 0.500. The van der Waals surface area contributed by atoms with Crippen molar-refractivity contribution in [3.05, 3.63) is 35.8 Å². The quantitative estimate of drug-likeness (QED) is 0.871. The first-order chi connectivity index (χ1) is 11.8. The molecule has 6 rings (SSSR count). The minimum Gasteiger partial charge on any atom is -0.326 e. The summed E-state index contributed by atoms with van der Waals surface area (Å²) in [5, 5.41) is 6.19. The van der Waals surface area contributed by atoms with Gasteiger partial charge in [0.1, 0.15) is 5.01 Å². The average molecular weight is 338 g/mol. The Bertz CT molecular complexity index is 710. The second-order valence-corrected chi connectivity index (χ2v) is 8.75. The van der Waals surface area contributed by atoms with Crippen LogP contribution in [0.25, 0.3) is 10.6 Å². The van der Waals surface area contributed by atoms with Gasteiger partial charge in [0, 0.05) is 28.7 Å². The Morgan fingerprint density at radius 1 is 1.00 bits per heavy atom. The van der Waals surface area contributed by atoms with E-state index in [4.69, 9.17) is 0 Å². The SMILES string of the molecule is O=C(Nc1ccc(-c2nccs2)cc1)C1C2CC3CC(C2)CC1C3. The van der Waals surface area contributed by atoms with Gasteiger partial charge in [-0.2, -0.15) is 0 Å². The predicted octanol–water partition coefficient (Wildman–Crippen LogP) is 4.82. The summed E-state index contributed by atoms with van der Waals surface area (Å²) in [6.07, 6.45) is 8.39. The molecule has 4 aliphatic carbocycles. The van der Waals surface area contributed by atoms with Crippen LogP contribution in [0.15, 0.2) is 35.8 Å². The highest BCUT2D eigenvalue weighted by atomic mass is 32.1. The summed E-state index contributed by atoms with van der Waals surface area (Å²) in [5.74, 6) is 3.59. The van der Waals surface area contributed by atoms with Gasteiger partial charge in [-0.3, -0.25) is 4.79 Å². The van der Waals surface area contributed by atoms with Crippen molar-refractivity contribution in [2.24, 2.45) is 29.6 Å². The van der Waals surface area contributed by atoms with Gasteiger partial charge in [-0.15, -0.1) is 11.3 Å². The van der Waals surface area contributed by atoms with Crippen molar-refractivity contribution >= 4 is 22.9 Å². The average Bonchev–Trinajstić information content (AvgIpc) is 3.09. The largest absolute Gasteiger partial charge is 0.326 e. The maximum atomic E-state index is 12.9. The van der Waals surface area contributed by atoms with Crippen LogP contribution in [0.4, 0.5) is 5.69 Å². The van der Waals surface area contributed by atoms with E-state index < -0.39 is 0 Å². The topological polar surface area (TPSA) is 42.0 Å². The molecule has 0 saturated heterocycles. The standard InChI is InChI=1S/C20H22N2OS/c23-19(18-15-8-12-7-13(10-15)11-16(18)9-12)22-17-3-1-14(2-4-17)20-21-5-6-24-20/h1-6,12-13,15-16,18H,7-11H2,(H,22,23). The summed E-state index contributed by atoms with van der Waals surface area (Å²) in [6, 6.07) is 8.10. The van der Waals surface area contributed by atoms with Crippen molar-refractivity contribution in [1.29, 1.82) is 0 Å². The van der Waals surface area contributed by atoms with Crippen LogP contribution in [0.3, 0.4) is 0 Å². The minimum absolute atomic E-state index is 0.247. The van der Waals surface area contributed by atoms with Crippen molar-refractivity contribution in [2.75, 3.05) is 5.32 Å². The molecule has 4 aliphatic rings. The van der Waals surface area contributed by atoms with Gasteiger partial charge >= 0.3 is 0 Å². The molecule has 4 bridgehead atoms. The number of rotatable bonds is 3. The fourth-order valence-electron chi connectivity index (χ4n) is 5.64. The zero-order valence-electron chi connectivity index (χ0n) is 13.7. The molecule has 1 aromatic carbocycles. The van der Waals surface area contributed by atoms with Crippen LogP contribution in [0.2, 0.25) is 0 Å². The lowest BCUT2D eigenvalue weighted by molar-refractivity contribution is -0.132. The van der Waals surface area contributed by atoms with Crippen LogP contribution in [0.1, 0.15) is 32.1 Å². The first-order valence-electron chi connectivity index (χ1n) is 9.07. The maximum absolute atomic E-state index is 12.9. The van der Waals surface area contributed by atoms with E-state index in [2.05, 4.69) is 10.3 Å². The monoisotopic (exact) mass is 338 g/mol. The van der Waals surface area contributed by atoms with Gasteiger partial charge < -0.3 is 5.32 Å². The van der Waals surface area contributed by atoms with E-state index in [0.29, 0.717) is 11.8 Å².